The highest BCUT2D eigenvalue weighted by molar-refractivity contribution is 5.03. The molecule has 1 N–H and O–H groups in total. The zero-order valence-corrected chi connectivity index (χ0v) is 7.03. The molecule has 2 unspecified atom stereocenters. The van der Waals surface area contributed by atoms with Crippen molar-refractivity contribution in [1.29, 1.82) is 0 Å². The summed E-state index contributed by atoms with van der Waals surface area (Å²) in [5, 5.41) is 9.52. The molecule has 0 spiro atoms. The predicted molar refractivity (Wildman–Crippen MR) is 47.3 cm³/mol. The first-order valence-corrected chi connectivity index (χ1v) is 4.34. The van der Waals surface area contributed by atoms with E-state index in [1.54, 1.807) is 0 Å². The molecule has 0 aromatic heterocycles. The molecule has 0 fully saturated rings. The van der Waals surface area contributed by atoms with Crippen molar-refractivity contribution in [2.24, 2.45) is 5.92 Å². The molecule has 0 aliphatic heterocycles. The van der Waals surface area contributed by atoms with Gasteiger partial charge in [0.25, 0.3) is 0 Å². The maximum absolute atomic E-state index is 9.52. The van der Waals surface area contributed by atoms with E-state index in [1.165, 1.54) is 0 Å². The SMILES string of the molecule is CCC(O)C1C=CCC=CC1. The van der Waals surface area contributed by atoms with Gasteiger partial charge < -0.3 is 5.11 Å². The molecule has 0 saturated heterocycles. The van der Waals surface area contributed by atoms with Crippen LogP contribution in [0.1, 0.15) is 26.2 Å². The van der Waals surface area contributed by atoms with Crippen molar-refractivity contribution in [3.63, 3.8) is 0 Å². The van der Waals surface area contributed by atoms with Crippen LogP contribution in [-0.2, 0) is 0 Å². The lowest BCUT2D eigenvalue weighted by atomic mass is 9.97. The summed E-state index contributed by atoms with van der Waals surface area (Å²) in [6.07, 6.45) is 11.3. The van der Waals surface area contributed by atoms with Gasteiger partial charge in [-0.2, -0.15) is 0 Å². The standard InChI is InChI=1S/C10H16O/c1-2-10(11)9-7-5-3-4-6-8-9/h3,5-6,8-11H,2,4,7H2,1H3. The normalized spacial score (nSPS) is 26.5. The van der Waals surface area contributed by atoms with Crippen LogP contribution in [0.3, 0.4) is 0 Å². The highest BCUT2D eigenvalue weighted by Gasteiger charge is 2.12. The van der Waals surface area contributed by atoms with Crippen molar-refractivity contribution in [2.75, 3.05) is 0 Å². The van der Waals surface area contributed by atoms with E-state index in [4.69, 9.17) is 0 Å². The summed E-state index contributed by atoms with van der Waals surface area (Å²) < 4.78 is 0. The Morgan fingerprint density at radius 3 is 3.00 bits per heavy atom. The second kappa shape index (κ2) is 4.35. The fourth-order valence-electron chi connectivity index (χ4n) is 1.35. The molecule has 0 radical (unpaired) electrons. The Morgan fingerprint density at radius 2 is 2.27 bits per heavy atom. The Labute approximate surface area is 68.4 Å². The van der Waals surface area contributed by atoms with Gasteiger partial charge in [0.15, 0.2) is 0 Å². The van der Waals surface area contributed by atoms with Gasteiger partial charge in [-0.15, -0.1) is 0 Å². The lowest BCUT2D eigenvalue weighted by Gasteiger charge is -2.15. The first-order chi connectivity index (χ1) is 5.34. The summed E-state index contributed by atoms with van der Waals surface area (Å²) in [6, 6.07) is 0. The minimum atomic E-state index is -0.158. The summed E-state index contributed by atoms with van der Waals surface area (Å²) in [6.45, 7) is 2.02. The fourth-order valence-corrected chi connectivity index (χ4v) is 1.35. The van der Waals surface area contributed by atoms with Gasteiger partial charge in [-0.3, -0.25) is 0 Å². The van der Waals surface area contributed by atoms with Crippen LogP contribution in [0.5, 0.6) is 0 Å². The van der Waals surface area contributed by atoms with Crippen molar-refractivity contribution in [3.8, 4) is 0 Å². The van der Waals surface area contributed by atoms with E-state index in [2.05, 4.69) is 24.3 Å². The number of hydrogen-bond acceptors (Lipinski definition) is 1. The molecule has 62 valence electrons. The monoisotopic (exact) mass is 152 g/mol. The summed E-state index contributed by atoms with van der Waals surface area (Å²) in [4.78, 5) is 0. The molecular weight excluding hydrogens is 136 g/mol. The topological polar surface area (TPSA) is 20.2 Å². The fraction of sp³-hybridized carbons (Fsp3) is 0.600. The number of hydrogen-bond donors (Lipinski definition) is 1. The molecule has 1 aliphatic carbocycles. The molecule has 1 aliphatic rings. The van der Waals surface area contributed by atoms with Gasteiger partial charge in [-0.25, -0.2) is 0 Å². The van der Waals surface area contributed by atoms with Crippen LogP contribution in [0.2, 0.25) is 0 Å². The molecule has 0 bridgehead atoms. The first-order valence-electron chi connectivity index (χ1n) is 4.34. The van der Waals surface area contributed by atoms with Crippen LogP contribution in [0.4, 0.5) is 0 Å². The van der Waals surface area contributed by atoms with Gasteiger partial charge in [0.1, 0.15) is 0 Å². The summed E-state index contributed by atoms with van der Waals surface area (Å²) in [7, 11) is 0. The predicted octanol–water partition coefficient (Wildman–Crippen LogP) is 2.28. The van der Waals surface area contributed by atoms with Crippen molar-refractivity contribution < 1.29 is 5.11 Å². The summed E-state index contributed by atoms with van der Waals surface area (Å²) in [5.41, 5.74) is 0. The zero-order chi connectivity index (χ0) is 8.10. The number of allylic oxidation sites excluding steroid dienone is 3. The van der Waals surface area contributed by atoms with Crippen LogP contribution in [0.15, 0.2) is 24.3 Å². The highest BCUT2D eigenvalue weighted by atomic mass is 16.3. The second-order valence-electron chi connectivity index (χ2n) is 3.01. The third-order valence-corrected chi connectivity index (χ3v) is 2.14. The maximum atomic E-state index is 9.52. The van der Waals surface area contributed by atoms with E-state index in [0.29, 0.717) is 5.92 Å². The van der Waals surface area contributed by atoms with E-state index >= 15 is 0 Å². The van der Waals surface area contributed by atoms with Gasteiger partial charge in [-0.05, 0) is 19.3 Å². The van der Waals surface area contributed by atoms with E-state index < -0.39 is 0 Å². The Kier molecular flexibility index (Phi) is 3.37. The Morgan fingerprint density at radius 1 is 1.45 bits per heavy atom. The smallest absolute Gasteiger partial charge is 0.0603 e. The van der Waals surface area contributed by atoms with Crippen LogP contribution in [0, 0.1) is 5.92 Å². The average molecular weight is 152 g/mol. The van der Waals surface area contributed by atoms with E-state index in [1.807, 2.05) is 6.92 Å². The van der Waals surface area contributed by atoms with E-state index in [9.17, 15) is 5.11 Å². The number of aliphatic hydroxyl groups excluding tert-OH is 1. The largest absolute Gasteiger partial charge is 0.393 e. The lowest BCUT2D eigenvalue weighted by molar-refractivity contribution is 0.127. The molecule has 2 atom stereocenters. The van der Waals surface area contributed by atoms with Gasteiger partial charge in [0.2, 0.25) is 0 Å². The third kappa shape index (κ3) is 2.51. The Bertz CT molecular complexity index is 158. The van der Waals surface area contributed by atoms with Crippen LogP contribution < -0.4 is 0 Å². The first kappa shape index (κ1) is 8.54. The molecule has 0 saturated carbocycles. The maximum Gasteiger partial charge on any atom is 0.0603 e. The number of aliphatic hydroxyl groups is 1. The molecule has 1 heteroatoms. The molecule has 0 heterocycles. The van der Waals surface area contributed by atoms with E-state index in [-0.39, 0.29) is 6.10 Å². The third-order valence-electron chi connectivity index (χ3n) is 2.14. The van der Waals surface area contributed by atoms with E-state index in [0.717, 1.165) is 19.3 Å². The summed E-state index contributed by atoms with van der Waals surface area (Å²) >= 11 is 0. The molecule has 1 nitrogen and oxygen atoms in total. The number of rotatable bonds is 2. The quantitative estimate of drug-likeness (QED) is 0.602. The van der Waals surface area contributed by atoms with Crippen molar-refractivity contribution >= 4 is 0 Å². The zero-order valence-electron chi connectivity index (χ0n) is 7.03. The average Bonchev–Trinajstić information content (AvgIpc) is 2.30. The van der Waals surface area contributed by atoms with Crippen LogP contribution in [0.25, 0.3) is 0 Å². The molecule has 1 rings (SSSR count). The lowest BCUT2D eigenvalue weighted by Crippen LogP contribution is -2.16. The molecule has 0 aromatic carbocycles. The minimum Gasteiger partial charge on any atom is -0.393 e. The van der Waals surface area contributed by atoms with Gasteiger partial charge >= 0.3 is 0 Å². The van der Waals surface area contributed by atoms with Gasteiger partial charge in [-0.1, -0.05) is 31.2 Å². The van der Waals surface area contributed by atoms with Crippen molar-refractivity contribution in [2.45, 2.75) is 32.3 Å². The van der Waals surface area contributed by atoms with Gasteiger partial charge in [0.05, 0.1) is 6.10 Å². The molecular formula is C10H16O. The molecule has 11 heavy (non-hydrogen) atoms. The van der Waals surface area contributed by atoms with Crippen LogP contribution in [-0.4, -0.2) is 11.2 Å². The molecule has 0 amide bonds. The minimum absolute atomic E-state index is 0.158. The van der Waals surface area contributed by atoms with Crippen molar-refractivity contribution in [1.82, 2.24) is 0 Å². The summed E-state index contributed by atoms with van der Waals surface area (Å²) in [5.74, 6) is 0.346. The Balaban J connectivity index is 2.49. The second-order valence-corrected chi connectivity index (χ2v) is 3.01. The van der Waals surface area contributed by atoms with Crippen LogP contribution >= 0.6 is 0 Å². The van der Waals surface area contributed by atoms with Gasteiger partial charge in [0, 0.05) is 5.92 Å². The highest BCUT2D eigenvalue weighted by Crippen LogP contribution is 2.17. The van der Waals surface area contributed by atoms with Crippen molar-refractivity contribution in [3.05, 3.63) is 24.3 Å². The Hall–Kier alpha value is -0.560. The molecule has 0 aromatic rings.